The van der Waals surface area contributed by atoms with Gasteiger partial charge in [0.25, 0.3) is 0 Å². The van der Waals surface area contributed by atoms with Gasteiger partial charge >= 0.3 is 11.9 Å². The molecule has 4 heteroatoms. The van der Waals surface area contributed by atoms with Gasteiger partial charge in [-0.05, 0) is 35.7 Å². The Labute approximate surface area is 109 Å². The minimum Gasteiger partial charge on any atom is -0.478 e. The van der Waals surface area contributed by atoms with Crippen LogP contribution < -0.4 is 0 Å². The molecule has 2 rings (SSSR count). The second-order valence-electron chi connectivity index (χ2n) is 4.19. The molecule has 19 heavy (non-hydrogen) atoms. The van der Waals surface area contributed by atoms with Gasteiger partial charge in [0.05, 0.1) is 11.1 Å². The topological polar surface area (TPSA) is 74.6 Å². The number of aryl methyl sites for hydroxylation is 1. The van der Waals surface area contributed by atoms with Crippen LogP contribution in [0, 0.1) is 6.92 Å². The van der Waals surface area contributed by atoms with Crippen molar-refractivity contribution >= 4 is 11.9 Å². The lowest BCUT2D eigenvalue weighted by Crippen LogP contribution is -2.03. The zero-order valence-corrected chi connectivity index (χ0v) is 10.3. The van der Waals surface area contributed by atoms with E-state index in [2.05, 4.69) is 0 Å². The molecule has 0 saturated carbocycles. The first-order chi connectivity index (χ1) is 9.00. The van der Waals surface area contributed by atoms with Crippen molar-refractivity contribution in [2.45, 2.75) is 6.92 Å². The standard InChI is InChI=1S/C15H12O4/c1-9-4-2-7-12(13(9)15(18)19)10-5-3-6-11(8-10)14(16)17/h2-8H,1H3,(H,16,17)(H,18,19). The van der Waals surface area contributed by atoms with Crippen LogP contribution in [0.25, 0.3) is 11.1 Å². The molecule has 0 bridgehead atoms. The first-order valence-corrected chi connectivity index (χ1v) is 5.67. The van der Waals surface area contributed by atoms with E-state index in [4.69, 9.17) is 5.11 Å². The Morgan fingerprint density at radius 1 is 0.947 bits per heavy atom. The van der Waals surface area contributed by atoms with Crippen molar-refractivity contribution in [3.05, 3.63) is 59.2 Å². The first kappa shape index (κ1) is 12.8. The highest BCUT2D eigenvalue weighted by Gasteiger charge is 2.15. The highest BCUT2D eigenvalue weighted by molar-refractivity contribution is 5.98. The van der Waals surface area contributed by atoms with E-state index in [0.717, 1.165) is 0 Å². The second kappa shape index (κ2) is 4.94. The Bertz CT molecular complexity index is 659. The summed E-state index contributed by atoms with van der Waals surface area (Å²) in [6.45, 7) is 1.72. The monoisotopic (exact) mass is 256 g/mol. The number of benzene rings is 2. The molecule has 0 heterocycles. The maximum atomic E-state index is 11.3. The fourth-order valence-corrected chi connectivity index (χ4v) is 2.01. The zero-order chi connectivity index (χ0) is 14.0. The molecule has 0 aliphatic heterocycles. The summed E-state index contributed by atoms with van der Waals surface area (Å²) in [5, 5.41) is 18.2. The summed E-state index contributed by atoms with van der Waals surface area (Å²) < 4.78 is 0. The lowest BCUT2D eigenvalue weighted by atomic mass is 9.95. The molecule has 0 spiro atoms. The number of carboxylic acid groups (broad SMARTS) is 2. The average molecular weight is 256 g/mol. The van der Waals surface area contributed by atoms with Crippen molar-refractivity contribution in [3.63, 3.8) is 0 Å². The number of hydrogen-bond donors (Lipinski definition) is 2. The maximum Gasteiger partial charge on any atom is 0.336 e. The lowest BCUT2D eigenvalue weighted by molar-refractivity contribution is 0.0686. The predicted octanol–water partition coefficient (Wildman–Crippen LogP) is 3.06. The Kier molecular flexibility index (Phi) is 3.33. The zero-order valence-electron chi connectivity index (χ0n) is 10.3. The van der Waals surface area contributed by atoms with Gasteiger partial charge in [0.1, 0.15) is 0 Å². The number of carbonyl (C=O) groups is 2. The van der Waals surface area contributed by atoms with E-state index in [1.165, 1.54) is 12.1 Å². The quantitative estimate of drug-likeness (QED) is 0.885. The van der Waals surface area contributed by atoms with Crippen LogP contribution in [-0.2, 0) is 0 Å². The highest BCUT2D eigenvalue weighted by atomic mass is 16.4. The molecule has 0 atom stereocenters. The molecule has 0 saturated heterocycles. The highest BCUT2D eigenvalue weighted by Crippen LogP contribution is 2.27. The van der Waals surface area contributed by atoms with Gasteiger partial charge in [0.2, 0.25) is 0 Å². The Balaban J connectivity index is 2.65. The summed E-state index contributed by atoms with van der Waals surface area (Å²) in [5.74, 6) is -2.06. The van der Waals surface area contributed by atoms with E-state index < -0.39 is 11.9 Å². The lowest BCUT2D eigenvalue weighted by Gasteiger charge is -2.09. The molecule has 0 aliphatic carbocycles. The molecule has 0 radical (unpaired) electrons. The van der Waals surface area contributed by atoms with E-state index in [-0.39, 0.29) is 11.1 Å². The van der Waals surface area contributed by atoms with Gasteiger partial charge in [-0.2, -0.15) is 0 Å². The van der Waals surface area contributed by atoms with E-state index in [9.17, 15) is 14.7 Å². The predicted molar refractivity (Wildman–Crippen MR) is 70.5 cm³/mol. The maximum absolute atomic E-state index is 11.3. The van der Waals surface area contributed by atoms with E-state index >= 15 is 0 Å². The average Bonchev–Trinajstić information content (AvgIpc) is 2.38. The Hall–Kier alpha value is -2.62. The molecule has 0 fully saturated rings. The summed E-state index contributed by atoms with van der Waals surface area (Å²) in [4.78, 5) is 22.3. The van der Waals surface area contributed by atoms with Crippen LogP contribution in [0.15, 0.2) is 42.5 Å². The summed E-state index contributed by atoms with van der Waals surface area (Å²) in [6.07, 6.45) is 0. The molecule has 2 N–H and O–H groups in total. The van der Waals surface area contributed by atoms with Crippen molar-refractivity contribution < 1.29 is 19.8 Å². The van der Waals surface area contributed by atoms with E-state index in [0.29, 0.717) is 16.7 Å². The van der Waals surface area contributed by atoms with Crippen molar-refractivity contribution in [3.8, 4) is 11.1 Å². The molecular weight excluding hydrogens is 244 g/mol. The second-order valence-corrected chi connectivity index (χ2v) is 4.19. The number of hydrogen-bond acceptors (Lipinski definition) is 2. The Morgan fingerprint density at radius 3 is 2.26 bits per heavy atom. The molecule has 2 aromatic carbocycles. The molecule has 0 aromatic heterocycles. The summed E-state index contributed by atoms with van der Waals surface area (Å²) in [7, 11) is 0. The molecule has 4 nitrogen and oxygen atoms in total. The van der Waals surface area contributed by atoms with Crippen LogP contribution in [0.5, 0.6) is 0 Å². The third-order valence-corrected chi connectivity index (χ3v) is 2.91. The summed E-state index contributed by atoms with van der Waals surface area (Å²) in [5.41, 5.74) is 2.09. The summed E-state index contributed by atoms with van der Waals surface area (Å²) >= 11 is 0. The molecule has 0 unspecified atom stereocenters. The van der Waals surface area contributed by atoms with Crippen LogP contribution in [-0.4, -0.2) is 22.2 Å². The van der Waals surface area contributed by atoms with Crippen LogP contribution in [0.4, 0.5) is 0 Å². The smallest absolute Gasteiger partial charge is 0.336 e. The molecular formula is C15H12O4. The normalized spacial score (nSPS) is 10.2. The van der Waals surface area contributed by atoms with E-state index in [1.54, 1.807) is 37.3 Å². The first-order valence-electron chi connectivity index (χ1n) is 5.67. The van der Waals surface area contributed by atoms with Gasteiger partial charge in [-0.25, -0.2) is 9.59 Å². The van der Waals surface area contributed by atoms with Gasteiger partial charge in [0.15, 0.2) is 0 Å². The summed E-state index contributed by atoms with van der Waals surface area (Å²) in [6, 6.07) is 11.4. The largest absolute Gasteiger partial charge is 0.478 e. The van der Waals surface area contributed by atoms with Crippen molar-refractivity contribution in [1.82, 2.24) is 0 Å². The van der Waals surface area contributed by atoms with Crippen molar-refractivity contribution in [1.29, 1.82) is 0 Å². The van der Waals surface area contributed by atoms with Gasteiger partial charge in [0, 0.05) is 0 Å². The molecule has 0 aliphatic rings. The van der Waals surface area contributed by atoms with Gasteiger partial charge in [-0.3, -0.25) is 0 Å². The fourth-order valence-electron chi connectivity index (χ4n) is 2.01. The van der Waals surface area contributed by atoms with E-state index in [1.807, 2.05) is 0 Å². The van der Waals surface area contributed by atoms with Crippen LogP contribution in [0.1, 0.15) is 26.3 Å². The Morgan fingerprint density at radius 2 is 1.63 bits per heavy atom. The SMILES string of the molecule is Cc1cccc(-c2cccc(C(=O)O)c2)c1C(=O)O. The van der Waals surface area contributed by atoms with Gasteiger partial charge in [-0.1, -0.05) is 30.3 Å². The third-order valence-electron chi connectivity index (χ3n) is 2.91. The molecule has 0 amide bonds. The third kappa shape index (κ3) is 2.47. The van der Waals surface area contributed by atoms with Crippen LogP contribution >= 0.6 is 0 Å². The minimum absolute atomic E-state index is 0.135. The van der Waals surface area contributed by atoms with Gasteiger partial charge in [-0.15, -0.1) is 0 Å². The number of aromatic carboxylic acids is 2. The molecule has 2 aromatic rings. The number of rotatable bonds is 3. The van der Waals surface area contributed by atoms with Crippen LogP contribution in [0.2, 0.25) is 0 Å². The number of carboxylic acids is 2. The van der Waals surface area contributed by atoms with Crippen molar-refractivity contribution in [2.75, 3.05) is 0 Å². The molecule has 96 valence electrons. The van der Waals surface area contributed by atoms with Crippen LogP contribution in [0.3, 0.4) is 0 Å². The van der Waals surface area contributed by atoms with Crippen molar-refractivity contribution in [2.24, 2.45) is 0 Å². The minimum atomic E-state index is -1.04. The van der Waals surface area contributed by atoms with Gasteiger partial charge < -0.3 is 10.2 Å². The fraction of sp³-hybridized carbons (Fsp3) is 0.0667.